The van der Waals surface area contributed by atoms with Crippen LogP contribution in [0.5, 0.6) is 0 Å². The average molecular weight is 276 g/mol. The van der Waals surface area contributed by atoms with Crippen LogP contribution >= 0.6 is 0 Å². The molecule has 0 saturated heterocycles. The zero-order chi connectivity index (χ0) is 14.5. The Bertz CT molecular complexity index is 727. The van der Waals surface area contributed by atoms with Crippen molar-refractivity contribution in [2.75, 3.05) is 5.32 Å². The van der Waals surface area contributed by atoms with Crippen LogP contribution in [-0.2, 0) is 0 Å². The molecule has 0 aliphatic carbocycles. The van der Waals surface area contributed by atoms with Gasteiger partial charge in [0.1, 0.15) is 5.69 Å². The van der Waals surface area contributed by atoms with Crippen LogP contribution in [0.3, 0.4) is 0 Å². The van der Waals surface area contributed by atoms with Crippen LogP contribution < -0.4 is 5.32 Å². The van der Waals surface area contributed by atoms with Crippen molar-refractivity contribution < 1.29 is 4.79 Å². The van der Waals surface area contributed by atoms with Gasteiger partial charge in [0.25, 0.3) is 5.91 Å². The molecule has 0 fully saturated rings. The van der Waals surface area contributed by atoms with Crippen molar-refractivity contribution in [1.29, 1.82) is 0 Å². The lowest BCUT2D eigenvalue weighted by atomic mass is 10.1. The van der Waals surface area contributed by atoms with Gasteiger partial charge in [0.2, 0.25) is 0 Å². The fraction of sp³-hybridized carbons (Fsp3) is 0. The molecule has 2 aromatic heterocycles. The number of aromatic nitrogens is 3. The average Bonchev–Trinajstić information content (AvgIpc) is 2.57. The molecule has 21 heavy (non-hydrogen) atoms. The zero-order valence-corrected chi connectivity index (χ0v) is 11.1. The van der Waals surface area contributed by atoms with Gasteiger partial charge in [0.15, 0.2) is 5.82 Å². The number of hydrogen-bond acceptors (Lipinski definition) is 4. The molecule has 1 N–H and O–H groups in total. The third kappa shape index (κ3) is 3.09. The Morgan fingerprint density at radius 3 is 2.33 bits per heavy atom. The number of hydrogen-bond donors (Lipinski definition) is 1. The van der Waals surface area contributed by atoms with Crippen LogP contribution in [-0.4, -0.2) is 21.1 Å². The third-order valence-corrected chi connectivity index (χ3v) is 2.87. The van der Waals surface area contributed by atoms with E-state index in [0.717, 1.165) is 11.3 Å². The summed E-state index contributed by atoms with van der Waals surface area (Å²) < 4.78 is 0. The molecular formula is C16H12N4O. The Hall–Kier alpha value is -3.08. The lowest BCUT2D eigenvalue weighted by Gasteiger charge is -2.04. The Balaban J connectivity index is 1.75. The molecule has 0 unspecified atom stereocenters. The van der Waals surface area contributed by atoms with Gasteiger partial charge in [-0.05, 0) is 24.3 Å². The zero-order valence-electron chi connectivity index (χ0n) is 11.1. The molecule has 0 atom stereocenters. The monoisotopic (exact) mass is 276 g/mol. The number of rotatable bonds is 3. The lowest BCUT2D eigenvalue weighted by Crippen LogP contribution is -2.14. The molecule has 5 heteroatoms. The van der Waals surface area contributed by atoms with Crippen molar-refractivity contribution in [1.82, 2.24) is 15.2 Å². The lowest BCUT2D eigenvalue weighted by molar-refractivity contribution is 0.102. The second-order valence-electron chi connectivity index (χ2n) is 4.34. The number of carbonyl (C=O) groups is 1. The normalized spacial score (nSPS) is 10.1. The smallest absolute Gasteiger partial charge is 0.275 e. The fourth-order valence-corrected chi connectivity index (χ4v) is 1.84. The summed E-state index contributed by atoms with van der Waals surface area (Å²) >= 11 is 0. The summed E-state index contributed by atoms with van der Waals surface area (Å²) in [7, 11) is 0. The van der Waals surface area contributed by atoms with Gasteiger partial charge in [-0.3, -0.25) is 9.78 Å². The molecule has 0 bridgehead atoms. The maximum Gasteiger partial charge on any atom is 0.275 e. The minimum atomic E-state index is -0.308. The minimum Gasteiger partial charge on any atom is -0.304 e. The van der Waals surface area contributed by atoms with E-state index in [1.165, 1.54) is 0 Å². The standard InChI is InChI=1S/C16H12N4O/c21-16(14-8-4-5-11-17-14)18-15-10-9-13(19-20-15)12-6-2-1-3-7-12/h1-11H,(H,18,20,21). The summed E-state index contributed by atoms with van der Waals surface area (Å²) in [5.41, 5.74) is 2.07. The molecule has 0 aliphatic heterocycles. The maximum absolute atomic E-state index is 11.9. The van der Waals surface area contributed by atoms with Gasteiger partial charge in [0.05, 0.1) is 5.69 Å². The first-order valence-electron chi connectivity index (χ1n) is 6.44. The van der Waals surface area contributed by atoms with Crippen molar-refractivity contribution in [3.8, 4) is 11.3 Å². The largest absolute Gasteiger partial charge is 0.304 e. The number of benzene rings is 1. The molecule has 0 aliphatic rings. The molecule has 102 valence electrons. The Kier molecular flexibility index (Phi) is 3.64. The van der Waals surface area contributed by atoms with Gasteiger partial charge in [0, 0.05) is 11.8 Å². The Labute approximate surface area is 121 Å². The van der Waals surface area contributed by atoms with Crippen LogP contribution in [0.4, 0.5) is 5.82 Å². The summed E-state index contributed by atoms with van der Waals surface area (Å²) in [5.74, 6) is 0.0858. The van der Waals surface area contributed by atoms with E-state index in [1.54, 1.807) is 30.5 Å². The van der Waals surface area contributed by atoms with E-state index < -0.39 is 0 Å². The highest BCUT2D eigenvalue weighted by Crippen LogP contribution is 2.16. The summed E-state index contributed by atoms with van der Waals surface area (Å²) in [5, 5.41) is 10.8. The van der Waals surface area contributed by atoms with E-state index in [0.29, 0.717) is 11.5 Å². The molecule has 0 radical (unpaired) electrons. The van der Waals surface area contributed by atoms with Crippen molar-refractivity contribution >= 4 is 11.7 Å². The molecule has 1 aromatic carbocycles. The molecule has 3 rings (SSSR count). The van der Waals surface area contributed by atoms with E-state index >= 15 is 0 Å². The van der Waals surface area contributed by atoms with Crippen LogP contribution in [0, 0.1) is 0 Å². The number of pyridine rings is 1. The summed E-state index contributed by atoms with van der Waals surface area (Å²) in [4.78, 5) is 15.9. The van der Waals surface area contributed by atoms with E-state index in [9.17, 15) is 4.79 Å². The van der Waals surface area contributed by atoms with Gasteiger partial charge in [-0.25, -0.2) is 0 Å². The van der Waals surface area contributed by atoms with Crippen LogP contribution in [0.2, 0.25) is 0 Å². The SMILES string of the molecule is O=C(Nc1ccc(-c2ccccc2)nn1)c1ccccn1. The Morgan fingerprint density at radius 2 is 1.67 bits per heavy atom. The second-order valence-corrected chi connectivity index (χ2v) is 4.34. The van der Waals surface area contributed by atoms with Crippen molar-refractivity contribution in [3.63, 3.8) is 0 Å². The summed E-state index contributed by atoms with van der Waals surface area (Å²) in [6.45, 7) is 0. The van der Waals surface area contributed by atoms with Gasteiger partial charge in [-0.2, -0.15) is 0 Å². The van der Waals surface area contributed by atoms with Gasteiger partial charge >= 0.3 is 0 Å². The summed E-state index contributed by atoms with van der Waals surface area (Å²) in [6, 6.07) is 18.4. The third-order valence-electron chi connectivity index (χ3n) is 2.87. The molecule has 5 nitrogen and oxygen atoms in total. The van der Waals surface area contributed by atoms with Crippen LogP contribution in [0.25, 0.3) is 11.3 Å². The van der Waals surface area contributed by atoms with Gasteiger partial charge in [-0.1, -0.05) is 36.4 Å². The number of nitrogens with one attached hydrogen (secondary N) is 1. The fourth-order valence-electron chi connectivity index (χ4n) is 1.84. The number of amides is 1. The van der Waals surface area contributed by atoms with Crippen molar-refractivity contribution in [2.24, 2.45) is 0 Å². The highest BCUT2D eigenvalue weighted by molar-refractivity contribution is 6.02. The van der Waals surface area contributed by atoms with E-state index in [2.05, 4.69) is 20.5 Å². The minimum absolute atomic E-state index is 0.308. The highest BCUT2D eigenvalue weighted by atomic mass is 16.1. The topological polar surface area (TPSA) is 67.8 Å². The summed E-state index contributed by atoms with van der Waals surface area (Å²) in [6.07, 6.45) is 1.57. The molecule has 0 saturated carbocycles. The second kappa shape index (κ2) is 5.92. The molecule has 3 aromatic rings. The molecule has 0 spiro atoms. The van der Waals surface area contributed by atoms with E-state index in [1.807, 2.05) is 36.4 Å². The van der Waals surface area contributed by atoms with Crippen molar-refractivity contribution in [2.45, 2.75) is 0 Å². The van der Waals surface area contributed by atoms with Gasteiger partial charge in [-0.15, -0.1) is 10.2 Å². The predicted molar refractivity (Wildman–Crippen MR) is 79.7 cm³/mol. The first-order chi connectivity index (χ1) is 10.3. The van der Waals surface area contributed by atoms with E-state index in [4.69, 9.17) is 0 Å². The number of nitrogens with zero attached hydrogens (tertiary/aromatic N) is 3. The quantitative estimate of drug-likeness (QED) is 0.798. The molecule has 1 amide bonds. The highest BCUT2D eigenvalue weighted by Gasteiger charge is 2.08. The first-order valence-corrected chi connectivity index (χ1v) is 6.44. The molecular weight excluding hydrogens is 264 g/mol. The van der Waals surface area contributed by atoms with E-state index in [-0.39, 0.29) is 5.91 Å². The number of anilines is 1. The number of carbonyl (C=O) groups excluding carboxylic acids is 1. The van der Waals surface area contributed by atoms with Crippen LogP contribution in [0.15, 0.2) is 66.9 Å². The Morgan fingerprint density at radius 1 is 0.857 bits per heavy atom. The maximum atomic E-state index is 11.9. The van der Waals surface area contributed by atoms with Gasteiger partial charge < -0.3 is 5.32 Å². The molecule has 2 heterocycles. The van der Waals surface area contributed by atoms with Crippen molar-refractivity contribution in [3.05, 3.63) is 72.6 Å². The predicted octanol–water partition coefficient (Wildman–Crippen LogP) is 2.79. The van der Waals surface area contributed by atoms with Crippen LogP contribution in [0.1, 0.15) is 10.5 Å². The first kappa shape index (κ1) is 12.9.